The highest BCUT2D eigenvalue weighted by atomic mass is 16.5. The molecule has 2 aromatic carbocycles. The van der Waals surface area contributed by atoms with E-state index in [9.17, 15) is 4.79 Å². The average molecular weight is 365 g/mol. The summed E-state index contributed by atoms with van der Waals surface area (Å²) >= 11 is 0. The number of amides is 1. The first-order valence-electron chi connectivity index (χ1n) is 8.96. The molecule has 1 aliphatic rings. The Balaban J connectivity index is 1.56. The molecule has 6 heteroatoms. The lowest BCUT2D eigenvalue weighted by molar-refractivity contribution is -0.138. The molecule has 1 saturated heterocycles. The molecule has 0 aliphatic carbocycles. The van der Waals surface area contributed by atoms with Gasteiger partial charge in [0.2, 0.25) is 0 Å². The highest BCUT2D eigenvalue weighted by Crippen LogP contribution is 2.28. The van der Waals surface area contributed by atoms with E-state index < -0.39 is 6.10 Å². The summed E-state index contributed by atoms with van der Waals surface area (Å²) in [5.41, 5.74) is 1.61. The van der Waals surface area contributed by atoms with Gasteiger partial charge in [-0.25, -0.2) is 0 Å². The average Bonchev–Trinajstić information content (AvgIpc) is 2.73. The van der Waals surface area contributed by atoms with Gasteiger partial charge in [0.05, 0.1) is 24.4 Å². The molecule has 1 fully saturated rings. The van der Waals surface area contributed by atoms with Gasteiger partial charge in [-0.15, -0.1) is 0 Å². The lowest BCUT2D eigenvalue weighted by Gasteiger charge is -2.37. The van der Waals surface area contributed by atoms with Gasteiger partial charge in [0.15, 0.2) is 6.10 Å². The Hall–Kier alpha value is -3.20. The molecule has 3 rings (SSSR count). The molecule has 2 aromatic rings. The van der Waals surface area contributed by atoms with Crippen LogP contribution >= 0.6 is 0 Å². The van der Waals surface area contributed by atoms with E-state index in [1.807, 2.05) is 29.2 Å². The van der Waals surface area contributed by atoms with E-state index in [4.69, 9.17) is 14.7 Å². The van der Waals surface area contributed by atoms with E-state index in [-0.39, 0.29) is 5.91 Å². The number of nitriles is 1. The van der Waals surface area contributed by atoms with E-state index in [2.05, 4.69) is 11.0 Å². The number of para-hydroxylation sites is 2. The molecule has 1 heterocycles. The first-order valence-corrected chi connectivity index (χ1v) is 8.96. The summed E-state index contributed by atoms with van der Waals surface area (Å²) in [6.45, 7) is 4.52. The summed E-state index contributed by atoms with van der Waals surface area (Å²) in [5.74, 6) is 1.40. The van der Waals surface area contributed by atoms with Crippen LogP contribution in [0.2, 0.25) is 0 Å². The summed E-state index contributed by atoms with van der Waals surface area (Å²) < 4.78 is 11.2. The molecule has 1 aliphatic heterocycles. The molecule has 0 N–H and O–H groups in total. The Morgan fingerprint density at radius 2 is 1.74 bits per heavy atom. The molecule has 140 valence electrons. The van der Waals surface area contributed by atoms with E-state index in [1.165, 1.54) is 0 Å². The highest BCUT2D eigenvalue weighted by Gasteiger charge is 2.27. The Morgan fingerprint density at radius 3 is 2.37 bits per heavy atom. The van der Waals surface area contributed by atoms with Crippen LogP contribution in [0.3, 0.4) is 0 Å². The summed E-state index contributed by atoms with van der Waals surface area (Å²) in [4.78, 5) is 16.8. The molecule has 27 heavy (non-hydrogen) atoms. The summed E-state index contributed by atoms with van der Waals surface area (Å²) in [5, 5.41) is 8.84. The van der Waals surface area contributed by atoms with Crippen molar-refractivity contribution in [2.24, 2.45) is 0 Å². The zero-order valence-corrected chi connectivity index (χ0v) is 15.6. The van der Waals surface area contributed by atoms with Crippen LogP contribution in [-0.4, -0.2) is 50.2 Å². The summed E-state index contributed by atoms with van der Waals surface area (Å²) in [7, 11) is 1.67. The Labute approximate surface area is 159 Å². The third kappa shape index (κ3) is 4.32. The van der Waals surface area contributed by atoms with Crippen LogP contribution in [0.15, 0.2) is 48.5 Å². The van der Waals surface area contributed by atoms with E-state index in [0.717, 1.165) is 24.5 Å². The zero-order chi connectivity index (χ0) is 19.2. The largest absolute Gasteiger partial charge is 0.495 e. The molecule has 6 nitrogen and oxygen atoms in total. The monoisotopic (exact) mass is 365 g/mol. The predicted octanol–water partition coefficient (Wildman–Crippen LogP) is 2.68. The second-order valence-corrected chi connectivity index (χ2v) is 6.38. The molecule has 0 radical (unpaired) electrons. The summed E-state index contributed by atoms with van der Waals surface area (Å²) in [6.07, 6.45) is -0.573. The Bertz CT molecular complexity index is 821. The van der Waals surface area contributed by atoms with Crippen LogP contribution in [-0.2, 0) is 4.79 Å². The Morgan fingerprint density at radius 1 is 1.07 bits per heavy atom. The van der Waals surface area contributed by atoms with Gasteiger partial charge in [-0.05, 0) is 43.3 Å². The molecule has 0 spiro atoms. The maximum absolute atomic E-state index is 12.7. The van der Waals surface area contributed by atoms with Crippen molar-refractivity contribution in [1.29, 1.82) is 5.26 Å². The van der Waals surface area contributed by atoms with Crippen LogP contribution in [0.5, 0.6) is 11.5 Å². The molecule has 0 aromatic heterocycles. The van der Waals surface area contributed by atoms with Crippen molar-refractivity contribution in [2.45, 2.75) is 13.0 Å². The van der Waals surface area contributed by atoms with Crippen molar-refractivity contribution in [2.75, 3.05) is 38.2 Å². The molecular formula is C21H23N3O3. The third-order valence-electron chi connectivity index (χ3n) is 4.66. The van der Waals surface area contributed by atoms with E-state index in [0.29, 0.717) is 24.4 Å². The minimum Gasteiger partial charge on any atom is -0.495 e. The maximum atomic E-state index is 12.7. The Kier molecular flexibility index (Phi) is 5.82. The number of ether oxygens (including phenoxy) is 2. The predicted molar refractivity (Wildman–Crippen MR) is 103 cm³/mol. The second kappa shape index (κ2) is 8.45. The first-order chi connectivity index (χ1) is 13.1. The number of hydrogen-bond donors (Lipinski definition) is 0. The van der Waals surface area contributed by atoms with Crippen LogP contribution in [0, 0.1) is 11.3 Å². The SMILES string of the molecule is COc1ccccc1N1CCN(C(=O)[C@H](C)Oc2ccc(C#N)cc2)CC1. The van der Waals surface area contributed by atoms with Gasteiger partial charge in [-0.1, -0.05) is 12.1 Å². The van der Waals surface area contributed by atoms with Crippen molar-refractivity contribution in [3.8, 4) is 17.6 Å². The minimum atomic E-state index is -0.573. The lowest BCUT2D eigenvalue weighted by Crippen LogP contribution is -2.52. The van der Waals surface area contributed by atoms with Crippen molar-refractivity contribution in [1.82, 2.24) is 4.90 Å². The van der Waals surface area contributed by atoms with Crippen molar-refractivity contribution in [3.63, 3.8) is 0 Å². The van der Waals surface area contributed by atoms with Gasteiger partial charge < -0.3 is 19.3 Å². The number of nitrogens with zero attached hydrogens (tertiary/aromatic N) is 3. The maximum Gasteiger partial charge on any atom is 0.263 e. The summed E-state index contributed by atoms with van der Waals surface area (Å²) in [6, 6.07) is 16.8. The molecule has 1 atom stereocenters. The fraction of sp³-hybridized carbons (Fsp3) is 0.333. The lowest BCUT2D eigenvalue weighted by atomic mass is 10.2. The minimum absolute atomic E-state index is 0.0287. The molecule has 0 bridgehead atoms. The van der Waals surface area contributed by atoms with Crippen molar-refractivity contribution < 1.29 is 14.3 Å². The van der Waals surface area contributed by atoms with Gasteiger partial charge in [0, 0.05) is 26.2 Å². The topological polar surface area (TPSA) is 65.8 Å². The van der Waals surface area contributed by atoms with Gasteiger partial charge >= 0.3 is 0 Å². The van der Waals surface area contributed by atoms with E-state index >= 15 is 0 Å². The van der Waals surface area contributed by atoms with Crippen LogP contribution in [0.25, 0.3) is 0 Å². The van der Waals surface area contributed by atoms with Crippen LogP contribution in [0.4, 0.5) is 5.69 Å². The van der Waals surface area contributed by atoms with Crippen LogP contribution in [0.1, 0.15) is 12.5 Å². The fourth-order valence-electron chi connectivity index (χ4n) is 3.18. The highest BCUT2D eigenvalue weighted by molar-refractivity contribution is 5.81. The molecule has 0 saturated carbocycles. The van der Waals surface area contributed by atoms with Gasteiger partial charge in [-0.2, -0.15) is 5.26 Å². The number of rotatable bonds is 5. The smallest absolute Gasteiger partial charge is 0.263 e. The third-order valence-corrected chi connectivity index (χ3v) is 4.66. The zero-order valence-electron chi connectivity index (χ0n) is 15.6. The first kappa shape index (κ1) is 18.6. The number of hydrogen-bond acceptors (Lipinski definition) is 5. The molecule has 1 amide bonds. The normalized spacial score (nSPS) is 15.0. The van der Waals surface area contributed by atoms with Crippen molar-refractivity contribution in [3.05, 3.63) is 54.1 Å². The standard InChI is InChI=1S/C21H23N3O3/c1-16(27-18-9-7-17(15-22)8-10-18)21(25)24-13-11-23(12-14-24)19-5-3-4-6-20(19)26-2/h3-10,16H,11-14H2,1-2H3/t16-/m0/s1. The van der Waals surface area contributed by atoms with Crippen LogP contribution < -0.4 is 14.4 Å². The number of carbonyl (C=O) groups is 1. The van der Waals surface area contributed by atoms with E-state index in [1.54, 1.807) is 38.3 Å². The van der Waals surface area contributed by atoms with Gasteiger partial charge in [0.25, 0.3) is 5.91 Å². The quantitative estimate of drug-likeness (QED) is 0.815. The number of carbonyl (C=O) groups excluding carboxylic acids is 1. The number of piperazine rings is 1. The molecule has 0 unspecified atom stereocenters. The number of methoxy groups -OCH3 is 1. The number of anilines is 1. The molecular weight excluding hydrogens is 342 g/mol. The second-order valence-electron chi connectivity index (χ2n) is 6.38. The van der Waals surface area contributed by atoms with Gasteiger partial charge in [-0.3, -0.25) is 4.79 Å². The van der Waals surface area contributed by atoms with Gasteiger partial charge in [0.1, 0.15) is 11.5 Å². The van der Waals surface area contributed by atoms with Crippen molar-refractivity contribution >= 4 is 11.6 Å². The fourth-order valence-corrected chi connectivity index (χ4v) is 3.18. The number of benzene rings is 2.